The van der Waals surface area contributed by atoms with Gasteiger partial charge in [-0.3, -0.25) is 9.59 Å². The van der Waals surface area contributed by atoms with Gasteiger partial charge in [0.05, 0.1) is 12.9 Å². The number of benzene rings is 2. The van der Waals surface area contributed by atoms with Gasteiger partial charge in [0.2, 0.25) is 11.8 Å². The highest BCUT2D eigenvalue weighted by Gasteiger charge is 2.33. The Morgan fingerprint density at radius 3 is 2.19 bits per heavy atom. The van der Waals surface area contributed by atoms with Gasteiger partial charge in [0, 0.05) is 28.6 Å². The normalized spacial score (nSPS) is 11.8. The third kappa shape index (κ3) is 7.70. The molecular weight excluding hydrogens is 496 g/mol. The molecule has 1 aromatic heterocycles. The lowest BCUT2D eigenvalue weighted by molar-refractivity contribution is -0.138. The molecule has 1 unspecified atom stereocenters. The molecule has 36 heavy (non-hydrogen) atoms. The SMILES string of the molecule is COc1ccc(NC(=O)C(C(C)C)N(Cc2ccc(Cl)cc2)C(=O)CSc2nc(C)cc(C)n2)cc1. The number of carbonyl (C=O) groups is 2. The third-order valence-electron chi connectivity index (χ3n) is 5.47. The fraction of sp³-hybridized carbons (Fsp3) is 0.333. The molecule has 2 aromatic carbocycles. The minimum Gasteiger partial charge on any atom is -0.497 e. The lowest BCUT2D eigenvalue weighted by Gasteiger charge is -2.33. The lowest BCUT2D eigenvalue weighted by Crippen LogP contribution is -2.50. The van der Waals surface area contributed by atoms with E-state index in [1.165, 1.54) is 11.8 Å². The number of ether oxygens (including phenoxy) is 1. The van der Waals surface area contributed by atoms with Crippen LogP contribution in [0.3, 0.4) is 0 Å². The van der Waals surface area contributed by atoms with Crippen molar-refractivity contribution in [3.8, 4) is 5.75 Å². The van der Waals surface area contributed by atoms with Crippen LogP contribution in [-0.4, -0.2) is 45.6 Å². The first-order valence-electron chi connectivity index (χ1n) is 11.6. The molecule has 0 aliphatic rings. The highest BCUT2D eigenvalue weighted by atomic mass is 35.5. The zero-order valence-corrected chi connectivity index (χ0v) is 22.7. The highest BCUT2D eigenvalue weighted by Crippen LogP contribution is 2.23. The molecule has 7 nitrogen and oxygen atoms in total. The van der Waals surface area contributed by atoms with Crippen molar-refractivity contribution in [1.29, 1.82) is 0 Å². The number of amides is 2. The molecule has 1 N–H and O–H groups in total. The van der Waals surface area contributed by atoms with Crippen molar-refractivity contribution in [2.75, 3.05) is 18.2 Å². The van der Waals surface area contributed by atoms with Gasteiger partial charge < -0.3 is 15.0 Å². The Hall–Kier alpha value is -3.10. The summed E-state index contributed by atoms with van der Waals surface area (Å²) in [7, 11) is 1.59. The fourth-order valence-corrected chi connectivity index (χ4v) is 4.75. The summed E-state index contributed by atoms with van der Waals surface area (Å²) in [6.45, 7) is 7.92. The summed E-state index contributed by atoms with van der Waals surface area (Å²) >= 11 is 7.33. The van der Waals surface area contributed by atoms with E-state index in [4.69, 9.17) is 16.3 Å². The topological polar surface area (TPSA) is 84.4 Å². The minimum absolute atomic E-state index is 0.107. The van der Waals surface area contributed by atoms with E-state index in [1.54, 1.807) is 48.4 Å². The van der Waals surface area contributed by atoms with Gasteiger partial charge in [-0.1, -0.05) is 49.3 Å². The van der Waals surface area contributed by atoms with Crippen LogP contribution in [0.4, 0.5) is 5.69 Å². The van der Waals surface area contributed by atoms with Crippen LogP contribution in [0.5, 0.6) is 5.75 Å². The van der Waals surface area contributed by atoms with Gasteiger partial charge in [0.1, 0.15) is 11.8 Å². The van der Waals surface area contributed by atoms with Crippen molar-refractivity contribution in [3.63, 3.8) is 0 Å². The first kappa shape index (κ1) is 27.5. The number of nitrogens with zero attached hydrogens (tertiary/aromatic N) is 3. The second-order valence-electron chi connectivity index (χ2n) is 8.78. The van der Waals surface area contributed by atoms with Gasteiger partial charge in [-0.2, -0.15) is 0 Å². The van der Waals surface area contributed by atoms with E-state index in [9.17, 15) is 9.59 Å². The van der Waals surface area contributed by atoms with Crippen LogP contribution in [0.2, 0.25) is 5.02 Å². The maximum absolute atomic E-state index is 13.6. The fourth-order valence-electron chi connectivity index (χ4n) is 3.79. The van der Waals surface area contributed by atoms with Crippen LogP contribution < -0.4 is 10.1 Å². The molecule has 0 spiro atoms. The monoisotopic (exact) mass is 526 g/mol. The van der Waals surface area contributed by atoms with Crippen LogP contribution in [0.1, 0.15) is 30.8 Å². The van der Waals surface area contributed by atoms with Crippen LogP contribution >= 0.6 is 23.4 Å². The van der Waals surface area contributed by atoms with Gasteiger partial charge in [-0.05, 0) is 67.8 Å². The average Bonchev–Trinajstić information content (AvgIpc) is 2.83. The van der Waals surface area contributed by atoms with E-state index in [0.717, 1.165) is 17.0 Å². The quantitative estimate of drug-likeness (QED) is 0.276. The van der Waals surface area contributed by atoms with E-state index >= 15 is 0 Å². The molecule has 0 saturated carbocycles. The number of methoxy groups -OCH3 is 1. The summed E-state index contributed by atoms with van der Waals surface area (Å²) in [6, 6.07) is 15.6. The molecule has 3 rings (SSSR count). The molecule has 190 valence electrons. The first-order chi connectivity index (χ1) is 17.2. The lowest BCUT2D eigenvalue weighted by atomic mass is 10.00. The molecule has 1 atom stereocenters. The Labute approximate surface area is 221 Å². The van der Waals surface area contributed by atoms with Gasteiger partial charge in [0.25, 0.3) is 0 Å². The predicted molar refractivity (Wildman–Crippen MR) is 144 cm³/mol. The van der Waals surface area contributed by atoms with E-state index in [0.29, 0.717) is 21.6 Å². The first-order valence-corrected chi connectivity index (χ1v) is 13.0. The van der Waals surface area contributed by atoms with Crippen molar-refractivity contribution >= 4 is 40.9 Å². The van der Waals surface area contributed by atoms with Crippen molar-refractivity contribution in [3.05, 3.63) is 76.6 Å². The van der Waals surface area contributed by atoms with Crippen molar-refractivity contribution in [1.82, 2.24) is 14.9 Å². The van der Waals surface area contributed by atoms with E-state index in [-0.39, 0.29) is 30.0 Å². The number of carbonyl (C=O) groups excluding carboxylic acids is 2. The van der Waals surface area contributed by atoms with Crippen molar-refractivity contribution in [2.45, 2.75) is 45.4 Å². The average molecular weight is 527 g/mol. The Kier molecular flexibility index (Phi) is 9.73. The van der Waals surface area contributed by atoms with Crippen molar-refractivity contribution in [2.24, 2.45) is 5.92 Å². The van der Waals surface area contributed by atoms with E-state index in [1.807, 2.05) is 45.9 Å². The number of thioether (sulfide) groups is 1. The zero-order valence-electron chi connectivity index (χ0n) is 21.1. The number of aromatic nitrogens is 2. The number of rotatable bonds is 10. The number of anilines is 1. The minimum atomic E-state index is -0.698. The smallest absolute Gasteiger partial charge is 0.247 e. The molecule has 0 aliphatic heterocycles. The number of nitrogens with one attached hydrogen (secondary N) is 1. The predicted octanol–water partition coefficient (Wildman–Crippen LogP) is 5.54. The van der Waals surface area contributed by atoms with Gasteiger partial charge in [-0.25, -0.2) is 9.97 Å². The number of aryl methyl sites for hydroxylation is 2. The van der Waals surface area contributed by atoms with Gasteiger partial charge in [0.15, 0.2) is 5.16 Å². The third-order valence-corrected chi connectivity index (χ3v) is 6.55. The Morgan fingerprint density at radius 2 is 1.64 bits per heavy atom. The second kappa shape index (κ2) is 12.7. The molecule has 0 saturated heterocycles. The summed E-state index contributed by atoms with van der Waals surface area (Å²) in [6.07, 6.45) is 0. The van der Waals surface area contributed by atoms with Crippen LogP contribution in [0.25, 0.3) is 0 Å². The standard InChI is InChI=1S/C27H31ClN4O3S/c1-17(2)25(26(34)31-22-10-12-23(35-5)13-11-22)32(15-20-6-8-21(28)9-7-20)24(33)16-36-27-29-18(3)14-19(4)30-27/h6-14,17,25H,15-16H2,1-5H3,(H,31,34). The molecule has 0 bridgehead atoms. The van der Waals surface area contributed by atoms with E-state index in [2.05, 4.69) is 15.3 Å². The molecule has 2 amide bonds. The van der Waals surface area contributed by atoms with Crippen LogP contribution in [-0.2, 0) is 16.1 Å². The molecule has 1 heterocycles. The molecule has 3 aromatic rings. The number of halogens is 1. The maximum Gasteiger partial charge on any atom is 0.247 e. The Bertz CT molecular complexity index is 1170. The summed E-state index contributed by atoms with van der Waals surface area (Å²) < 4.78 is 5.19. The zero-order chi connectivity index (χ0) is 26.2. The number of hydrogen-bond donors (Lipinski definition) is 1. The summed E-state index contributed by atoms with van der Waals surface area (Å²) in [5.74, 6) is 0.224. The second-order valence-corrected chi connectivity index (χ2v) is 10.2. The Morgan fingerprint density at radius 1 is 1.03 bits per heavy atom. The van der Waals surface area contributed by atoms with Gasteiger partial charge >= 0.3 is 0 Å². The maximum atomic E-state index is 13.6. The van der Waals surface area contributed by atoms with E-state index < -0.39 is 6.04 Å². The Balaban J connectivity index is 1.85. The summed E-state index contributed by atoms with van der Waals surface area (Å²) in [5, 5.41) is 4.10. The summed E-state index contributed by atoms with van der Waals surface area (Å²) in [5.41, 5.74) is 3.19. The molecule has 9 heteroatoms. The molecular formula is C27H31ClN4O3S. The van der Waals surface area contributed by atoms with Crippen LogP contribution in [0, 0.1) is 19.8 Å². The number of hydrogen-bond acceptors (Lipinski definition) is 6. The molecule has 0 radical (unpaired) electrons. The summed E-state index contributed by atoms with van der Waals surface area (Å²) in [4.78, 5) is 37.5. The highest BCUT2D eigenvalue weighted by molar-refractivity contribution is 7.99. The van der Waals surface area contributed by atoms with Crippen molar-refractivity contribution < 1.29 is 14.3 Å². The molecule has 0 aliphatic carbocycles. The van der Waals surface area contributed by atoms with Gasteiger partial charge in [-0.15, -0.1) is 0 Å². The molecule has 0 fully saturated rings. The van der Waals surface area contributed by atoms with Crippen LogP contribution in [0.15, 0.2) is 59.8 Å². The largest absolute Gasteiger partial charge is 0.497 e.